The smallest absolute Gasteiger partial charge is 0.313 e. The quantitative estimate of drug-likeness (QED) is 0.690. The summed E-state index contributed by atoms with van der Waals surface area (Å²) in [5.41, 5.74) is -0.568. The van der Waals surface area contributed by atoms with E-state index in [2.05, 4.69) is 41.5 Å². The van der Waals surface area contributed by atoms with Crippen LogP contribution < -0.4 is 0 Å². The second kappa shape index (κ2) is 4.25. The monoisotopic (exact) mass is 254 g/mol. The van der Waals surface area contributed by atoms with Crippen LogP contribution in [0, 0.1) is 16.2 Å². The highest BCUT2D eigenvalue weighted by atomic mass is 16.6. The van der Waals surface area contributed by atoms with Crippen LogP contribution in [0.25, 0.3) is 0 Å². The van der Waals surface area contributed by atoms with Gasteiger partial charge in [-0.25, -0.2) is 0 Å². The molecule has 1 saturated heterocycles. The number of carbonyl (C=O) groups is 1. The van der Waals surface area contributed by atoms with Gasteiger partial charge in [-0.1, -0.05) is 48.0 Å². The zero-order valence-corrected chi connectivity index (χ0v) is 13.4. The average Bonchev–Trinajstić information content (AvgIpc) is 2.35. The van der Waals surface area contributed by atoms with Crippen molar-refractivity contribution in [3.63, 3.8) is 0 Å². The molecule has 1 heterocycles. The van der Waals surface area contributed by atoms with Crippen LogP contribution in [0.5, 0.6) is 0 Å². The normalized spacial score (nSPS) is 28.3. The second-order valence-electron chi connectivity index (χ2n) is 8.35. The van der Waals surface area contributed by atoms with Gasteiger partial charge in [0.25, 0.3) is 0 Å². The van der Waals surface area contributed by atoms with Gasteiger partial charge >= 0.3 is 5.97 Å². The third-order valence-corrected chi connectivity index (χ3v) is 4.66. The average molecular weight is 254 g/mol. The molecule has 1 fully saturated rings. The lowest BCUT2D eigenvalue weighted by atomic mass is 9.57. The molecule has 0 aromatic rings. The summed E-state index contributed by atoms with van der Waals surface area (Å²) < 4.78 is 5.64. The van der Waals surface area contributed by atoms with Gasteiger partial charge in [-0.3, -0.25) is 4.79 Å². The Morgan fingerprint density at radius 2 is 1.67 bits per heavy atom. The van der Waals surface area contributed by atoms with Crippen LogP contribution in [0.15, 0.2) is 0 Å². The Morgan fingerprint density at radius 3 is 1.94 bits per heavy atom. The molecule has 0 aliphatic carbocycles. The molecule has 1 aliphatic rings. The van der Waals surface area contributed by atoms with Crippen LogP contribution in [-0.2, 0) is 9.53 Å². The molecule has 2 nitrogen and oxygen atoms in total. The standard InChI is InChI=1S/C16H30O2/c1-9-14(5,6)10-16(13(2,3)4)11-15(7,8)18-12(16)17/h9-11H2,1-8H3. The van der Waals surface area contributed by atoms with E-state index in [1.807, 2.05) is 13.8 Å². The van der Waals surface area contributed by atoms with Crippen LogP contribution in [0.1, 0.15) is 74.7 Å². The van der Waals surface area contributed by atoms with Gasteiger partial charge in [-0.15, -0.1) is 0 Å². The van der Waals surface area contributed by atoms with Crippen molar-refractivity contribution in [2.45, 2.75) is 80.3 Å². The largest absolute Gasteiger partial charge is 0.459 e. The molecule has 0 saturated carbocycles. The molecule has 2 heteroatoms. The van der Waals surface area contributed by atoms with Crippen molar-refractivity contribution in [3.05, 3.63) is 0 Å². The van der Waals surface area contributed by atoms with E-state index in [-0.39, 0.29) is 27.8 Å². The highest BCUT2D eigenvalue weighted by Crippen LogP contribution is 2.57. The maximum Gasteiger partial charge on any atom is 0.313 e. The molecule has 0 bridgehead atoms. The highest BCUT2D eigenvalue weighted by Gasteiger charge is 2.59. The molecule has 1 atom stereocenters. The van der Waals surface area contributed by atoms with E-state index in [1.54, 1.807) is 0 Å². The summed E-state index contributed by atoms with van der Waals surface area (Å²) in [6.45, 7) is 17.2. The summed E-state index contributed by atoms with van der Waals surface area (Å²) in [5.74, 6) is 0.00141. The number of rotatable bonds is 3. The van der Waals surface area contributed by atoms with E-state index < -0.39 is 0 Å². The Bertz CT molecular complexity index is 333. The van der Waals surface area contributed by atoms with Crippen LogP contribution in [0.3, 0.4) is 0 Å². The number of cyclic esters (lactones) is 1. The SMILES string of the molecule is CCC(C)(C)CC1(C(C)(C)C)CC(C)(C)OC1=O. The minimum absolute atomic E-state index is 0.00141. The van der Waals surface area contributed by atoms with E-state index in [4.69, 9.17) is 4.74 Å². The number of esters is 1. The van der Waals surface area contributed by atoms with E-state index in [0.717, 1.165) is 19.3 Å². The van der Waals surface area contributed by atoms with Crippen molar-refractivity contribution in [3.8, 4) is 0 Å². The predicted octanol–water partition coefficient (Wildman–Crippen LogP) is 4.57. The maximum absolute atomic E-state index is 12.5. The van der Waals surface area contributed by atoms with Gasteiger partial charge in [0.05, 0.1) is 5.41 Å². The molecule has 0 aromatic heterocycles. The first-order valence-corrected chi connectivity index (χ1v) is 7.09. The van der Waals surface area contributed by atoms with E-state index in [1.165, 1.54) is 0 Å². The molecule has 1 aliphatic heterocycles. The van der Waals surface area contributed by atoms with E-state index in [0.29, 0.717) is 0 Å². The summed E-state index contributed by atoms with van der Waals surface area (Å²) in [4.78, 5) is 12.5. The third kappa shape index (κ3) is 2.73. The lowest BCUT2D eigenvalue weighted by molar-refractivity contribution is -0.158. The summed E-state index contributed by atoms with van der Waals surface area (Å²) in [5, 5.41) is 0. The van der Waals surface area contributed by atoms with Crippen molar-refractivity contribution < 1.29 is 9.53 Å². The van der Waals surface area contributed by atoms with Gasteiger partial charge in [0.2, 0.25) is 0 Å². The van der Waals surface area contributed by atoms with Crippen molar-refractivity contribution in [1.29, 1.82) is 0 Å². The first kappa shape index (κ1) is 15.5. The van der Waals surface area contributed by atoms with Crippen molar-refractivity contribution >= 4 is 5.97 Å². The lowest BCUT2D eigenvalue weighted by Crippen LogP contribution is -2.43. The molecule has 1 rings (SSSR count). The first-order chi connectivity index (χ1) is 7.85. The van der Waals surface area contributed by atoms with Gasteiger partial charge in [0, 0.05) is 6.42 Å². The summed E-state index contributed by atoms with van der Waals surface area (Å²) >= 11 is 0. The fourth-order valence-corrected chi connectivity index (χ4v) is 3.10. The summed E-state index contributed by atoms with van der Waals surface area (Å²) in [6, 6.07) is 0. The van der Waals surface area contributed by atoms with Gasteiger partial charge in [0.15, 0.2) is 0 Å². The van der Waals surface area contributed by atoms with Gasteiger partial charge < -0.3 is 4.74 Å². The second-order valence-corrected chi connectivity index (χ2v) is 8.35. The lowest BCUT2D eigenvalue weighted by Gasteiger charge is -2.43. The third-order valence-electron chi connectivity index (χ3n) is 4.66. The predicted molar refractivity (Wildman–Crippen MR) is 75.4 cm³/mol. The Labute approximate surface area is 112 Å². The topological polar surface area (TPSA) is 26.3 Å². The highest BCUT2D eigenvalue weighted by molar-refractivity contribution is 5.80. The first-order valence-electron chi connectivity index (χ1n) is 7.09. The Hall–Kier alpha value is -0.530. The molecular weight excluding hydrogens is 224 g/mol. The Balaban J connectivity index is 3.18. The minimum atomic E-state index is -0.351. The van der Waals surface area contributed by atoms with Crippen LogP contribution >= 0.6 is 0 Å². The number of carbonyl (C=O) groups excluding carboxylic acids is 1. The zero-order chi connectivity index (χ0) is 14.4. The molecular formula is C16H30O2. The van der Waals surface area contributed by atoms with Crippen LogP contribution in [0.4, 0.5) is 0 Å². The maximum atomic E-state index is 12.5. The summed E-state index contributed by atoms with van der Waals surface area (Å²) in [6.07, 6.45) is 2.81. The van der Waals surface area contributed by atoms with Crippen molar-refractivity contribution in [2.24, 2.45) is 16.2 Å². The molecule has 0 N–H and O–H groups in total. The molecule has 1 unspecified atom stereocenters. The van der Waals surface area contributed by atoms with Gasteiger partial charge in [0.1, 0.15) is 5.60 Å². The summed E-state index contributed by atoms with van der Waals surface area (Å²) in [7, 11) is 0. The molecule has 0 amide bonds. The molecule has 0 spiro atoms. The number of hydrogen-bond acceptors (Lipinski definition) is 2. The number of hydrogen-bond donors (Lipinski definition) is 0. The fourth-order valence-electron chi connectivity index (χ4n) is 3.10. The molecule has 0 radical (unpaired) electrons. The molecule has 18 heavy (non-hydrogen) atoms. The van der Waals surface area contributed by atoms with Gasteiger partial charge in [-0.05, 0) is 31.1 Å². The van der Waals surface area contributed by atoms with Crippen LogP contribution in [0.2, 0.25) is 0 Å². The van der Waals surface area contributed by atoms with Crippen molar-refractivity contribution in [1.82, 2.24) is 0 Å². The van der Waals surface area contributed by atoms with E-state index >= 15 is 0 Å². The van der Waals surface area contributed by atoms with E-state index in [9.17, 15) is 4.79 Å². The van der Waals surface area contributed by atoms with Crippen molar-refractivity contribution in [2.75, 3.05) is 0 Å². The Kier molecular flexibility index (Phi) is 3.66. The minimum Gasteiger partial charge on any atom is -0.459 e. The fraction of sp³-hybridized carbons (Fsp3) is 0.938. The molecule has 106 valence electrons. The van der Waals surface area contributed by atoms with Crippen LogP contribution in [-0.4, -0.2) is 11.6 Å². The zero-order valence-electron chi connectivity index (χ0n) is 13.4. The molecule has 0 aromatic carbocycles. The number of ether oxygens (including phenoxy) is 1. The Morgan fingerprint density at radius 1 is 1.17 bits per heavy atom. The van der Waals surface area contributed by atoms with Gasteiger partial charge in [-0.2, -0.15) is 0 Å².